The molecule has 98 valence electrons. The molecule has 1 heterocycles. The van der Waals surface area contributed by atoms with Gasteiger partial charge in [-0.3, -0.25) is 0 Å². The molecule has 1 N–H and O–H groups in total. The molecule has 0 spiro atoms. The molecule has 0 bridgehead atoms. The number of ether oxygens (including phenoxy) is 2. The fourth-order valence-corrected chi connectivity index (χ4v) is 1.97. The number of benzene rings is 1. The molecule has 4 nitrogen and oxygen atoms in total. The van der Waals surface area contributed by atoms with Crippen molar-refractivity contribution in [2.45, 2.75) is 25.4 Å². The van der Waals surface area contributed by atoms with Gasteiger partial charge in [0.1, 0.15) is 17.1 Å². The summed E-state index contributed by atoms with van der Waals surface area (Å²) < 4.78 is 23.8. The molecule has 1 aromatic carbocycles. The number of aromatic carboxylic acids is 1. The van der Waals surface area contributed by atoms with Crippen LogP contribution in [0.15, 0.2) is 18.2 Å². The Balaban J connectivity index is 1.93. The fourth-order valence-electron chi connectivity index (χ4n) is 1.97. The first kappa shape index (κ1) is 12.8. The molecule has 0 aromatic heterocycles. The van der Waals surface area contributed by atoms with Gasteiger partial charge in [-0.1, -0.05) is 0 Å². The second kappa shape index (κ2) is 5.82. The summed E-state index contributed by atoms with van der Waals surface area (Å²) in [5.41, 5.74) is -0.151. The van der Waals surface area contributed by atoms with E-state index in [9.17, 15) is 9.18 Å². The van der Waals surface area contributed by atoms with Crippen LogP contribution in [0.3, 0.4) is 0 Å². The highest BCUT2D eigenvalue weighted by atomic mass is 19.1. The van der Waals surface area contributed by atoms with Crippen LogP contribution in [0.4, 0.5) is 4.39 Å². The quantitative estimate of drug-likeness (QED) is 0.877. The van der Waals surface area contributed by atoms with Crippen LogP contribution >= 0.6 is 0 Å². The van der Waals surface area contributed by atoms with E-state index in [-0.39, 0.29) is 17.4 Å². The third kappa shape index (κ3) is 3.20. The molecule has 2 rings (SSSR count). The maximum absolute atomic E-state index is 12.9. The summed E-state index contributed by atoms with van der Waals surface area (Å²) in [5, 5.41) is 8.93. The monoisotopic (exact) mass is 254 g/mol. The van der Waals surface area contributed by atoms with Crippen molar-refractivity contribution in [2.75, 3.05) is 13.2 Å². The number of halogens is 1. The SMILES string of the molecule is O=C(O)c1cc(F)ccc1OCCC1CCCO1. The van der Waals surface area contributed by atoms with Gasteiger partial charge in [0, 0.05) is 13.0 Å². The summed E-state index contributed by atoms with van der Waals surface area (Å²) in [4.78, 5) is 10.9. The van der Waals surface area contributed by atoms with Crippen molar-refractivity contribution in [3.63, 3.8) is 0 Å². The minimum absolute atomic E-state index is 0.151. The Bertz CT molecular complexity index is 427. The van der Waals surface area contributed by atoms with Crippen LogP contribution in [0, 0.1) is 5.82 Å². The molecular formula is C13H15FO4. The lowest BCUT2D eigenvalue weighted by Crippen LogP contribution is -2.12. The summed E-state index contributed by atoms with van der Waals surface area (Å²) in [5.74, 6) is -1.58. The largest absolute Gasteiger partial charge is 0.493 e. The van der Waals surface area contributed by atoms with E-state index >= 15 is 0 Å². The van der Waals surface area contributed by atoms with Crippen molar-refractivity contribution < 1.29 is 23.8 Å². The van der Waals surface area contributed by atoms with E-state index in [0.29, 0.717) is 6.61 Å². The Labute approximate surface area is 104 Å². The Morgan fingerprint density at radius 3 is 3.06 bits per heavy atom. The highest BCUT2D eigenvalue weighted by Gasteiger charge is 2.16. The molecule has 1 unspecified atom stereocenters. The van der Waals surface area contributed by atoms with Crippen LogP contribution in [-0.2, 0) is 4.74 Å². The molecule has 18 heavy (non-hydrogen) atoms. The van der Waals surface area contributed by atoms with Crippen molar-refractivity contribution >= 4 is 5.97 Å². The van der Waals surface area contributed by atoms with E-state index < -0.39 is 11.8 Å². The molecule has 1 fully saturated rings. The molecule has 1 atom stereocenters. The summed E-state index contributed by atoms with van der Waals surface area (Å²) in [6.45, 7) is 1.15. The summed E-state index contributed by atoms with van der Waals surface area (Å²) >= 11 is 0. The van der Waals surface area contributed by atoms with Crippen molar-refractivity contribution in [3.8, 4) is 5.75 Å². The summed E-state index contributed by atoms with van der Waals surface area (Å²) in [6, 6.07) is 3.49. The molecule has 5 heteroatoms. The molecule has 1 saturated heterocycles. The first-order valence-corrected chi connectivity index (χ1v) is 5.94. The Morgan fingerprint density at radius 2 is 2.39 bits per heavy atom. The maximum Gasteiger partial charge on any atom is 0.339 e. The third-order valence-electron chi connectivity index (χ3n) is 2.89. The number of hydrogen-bond acceptors (Lipinski definition) is 3. The van der Waals surface area contributed by atoms with Gasteiger partial charge in [-0.25, -0.2) is 9.18 Å². The highest BCUT2D eigenvalue weighted by molar-refractivity contribution is 5.90. The predicted octanol–water partition coefficient (Wildman–Crippen LogP) is 2.47. The number of carboxylic acids is 1. The minimum Gasteiger partial charge on any atom is -0.493 e. The van der Waals surface area contributed by atoms with Crippen molar-refractivity contribution in [1.82, 2.24) is 0 Å². The highest BCUT2D eigenvalue weighted by Crippen LogP contribution is 2.21. The second-order valence-electron chi connectivity index (χ2n) is 4.22. The maximum atomic E-state index is 12.9. The van der Waals surface area contributed by atoms with E-state index in [1.54, 1.807) is 0 Å². The van der Waals surface area contributed by atoms with Crippen molar-refractivity contribution in [3.05, 3.63) is 29.6 Å². The molecule has 1 aliphatic rings. The molecular weight excluding hydrogens is 239 g/mol. The van der Waals surface area contributed by atoms with Crippen LogP contribution in [0.2, 0.25) is 0 Å². The van der Waals surface area contributed by atoms with Crippen LogP contribution in [0.1, 0.15) is 29.6 Å². The second-order valence-corrected chi connectivity index (χ2v) is 4.22. The van der Waals surface area contributed by atoms with E-state index in [0.717, 1.165) is 31.9 Å². The van der Waals surface area contributed by atoms with Gasteiger partial charge < -0.3 is 14.6 Å². The zero-order valence-corrected chi connectivity index (χ0v) is 9.89. The zero-order chi connectivity index (χ0) is 13.0. The van der Waals surface area contributed by atoms with Gasteiger partial charge >= 0.3 is 5.97 Å². The average molecular weight is 254 g/mol. The van der Waals surface area contributed by atoms with Crippen molar-refractivity contribution in [2.24, 2.45) is 0 Å². The van der Waals surface area contributed by atoms with E-state index in [4.69, 9.17) is 14.6 Å². The van der Waals surface area contributed by atoms with Crippen molar-refractivity contribution in [1.29, 1.82) is 0 Å². The normalized spacial score (nSPS) is 18.8. The number of carboxylic acid groups (broad SMARTS) is 1. The predicted molar refractivity (Wildman–Crippen MR) is 62.4 cm³/mol. The Morgan fingerprint density at radius 1 is 1.56 bits per heavy atom. The molecule has 0 aliphatic carbocycles. The minimum atomic E-state index is -1.19. The average Bonchev–Trinajstić information content (AvgIpc) is 2.84. The van der Waals surface area contributed by atoms with Gasteiger partial charge in [-0.2, -0.15) is 0 Å². The van der Waals surface area contributed by atoms with Crippen LogP contribution in [0.25, 0.3) is 0 Å². The lowest BCUT2D eigenvalue weighted by atomic mass is 10.2. The molecule has 1 aliphatic heterocycles. The van der Waals surface area contributed by atoms with Gasteiger partial charge in [0.15, 0.2) is 0 Å². The molecule has 0 saturated carbocycles. The summed E-state index contributed by atoms with van der Waals surface area (Å²) in [7, 11) is 0. The molecule has 0 amide bonds. The van der Waals surface area contributed by atoms with Crippen LogP contribution in [0.5, 0.6) is 5.75 Å². The van der Waals surface area contributed by atoms with Gasteiger partial charge in [-0.15, -0.1) is 0 Å². The smallest absolute Gasteiger partial charge is 0.339 e. The lowest BCUT2D eigenvalue weighted by molar-refractivity contribution is 0.0688. The van der Waals surface area contributed by atoms with Gasteiger partial charge in [0.25, 0.3) is 0 Å². The molecule has 0 radical (unpaired) electrons. The summed E-state index contributed by atoms with van der Waals surface area (Å²) in [6.07, 6.45) is 2.98. The topological polar surface area (TPSA) is 55.8 Å². The number of rotatable bonds is 5. The van der Waals surface area contributed by atoms with Crippen LogP contribution in [-0.4, -0.2) is 30.4 Å². The lowest BCUT2D eigenvalue weighted by Gasteiger charge is -2.12. The molecule has 1 aromatic rings. The van der Waals surface area contributed by atoms with Gasteiger partial charge in [-0.05, 0) is 31.0 Å². The van der Waals surface area contributed by atoms with E-state index in [2.05, 4.69) is 0 Å². The first-order chi connectivity index (χ1) is 8.66. The first-order valence-electron chi connectivity index (χ1n) is 5.94. The number of hydrogen-bond donors (Lipinski definition) is 1. The van der Waals surface area contributed by atoms with Crippen LogP contribution < -0.4 is 4.74 Å². The standard InChI is InChI=1S/C13H15FO4/c14-9-3-4-12(11(8-9)13(15)16)18-7-5-10-2-1-6-17-10/h3-4,8,10H,1-2,5-7H2,(H,15,16). The Kier molecular flexibility index (Phi) is 4.15. The van der Waals surface area contributed by atoms with E-state index in [1.807, 2.05) is 0 Å². The van der Waals surface area contributed by atoms with E-state index in [1.165, 1.54) is 12.1 Å². The van der Waals surface area contributed by atoms with Gasteiger partial charge in [0.2, 0.25) is 0 Å². The van der Waals surface area contributed by atoms with Gasteiger partial charge in [0.05, 0.1) is 12.7 Å². The number of carbonyl (C=O) groups is 1. The fraction of sp³-hybridized carbons (Fsp3) is 0.462. The third-order valence-corrected chi connectivity index (χ3v) is 2.89. The zero-order valence-electron chi connectivity index (χ0n) is 9.89. The Hall–Kier alpha value is -1.62.